The molecule has 0 bridgehead atoms. The first-order chi connectivity index (χ1) is 10.5. The van der Waals surface area contributed by atoms with Gasteiger partial charge in [0.15, 0.2) is 5.37 Å². The zero-order valence-corrected chi connectivity index (χ0v) is 14.1. The van der Waals surface area contributed by atoms with Crippen LogP contribution in [0.15, 0.2) is 53.0 Å². The van der Waals surface area contributed by atoms with Gasteiger partial charge in [-0.15, -0.1) is 0 Å². The highest BCUT2D eigenvalue weighted by Crippen LogP contribution is 2.32. The number of amides is 2. The number of anilines is 2. The maximum absolute atomic E-state index is 12.5. The molecule has 1 N–H and O–H groups in total. The highest BCUT2D eigenvalue weighted by molar-refractivity contribution is 9.10. The van der Waals surface area contributed by atoms with E-state index in [4.69, 9.17) is 0 Å². The Hall–Kier alpha value is -1.79. The molecule has 0 spiro atoms. The molecule has 22 heavy (non-hydrogen) atoms. The van der Waals surface area contributed by atoms with Crippen LogP contribution < -0.4 is 10.2 Å². The maximum Gasteiger partial charge on any atom is 0.295 e. The van der Waals surface area contributed by atoms with E-state index in [2.05, 4.69) is 21.2 Å². The van der Waals surface area contributed by atoms with Crippen molar-refractivity contribution in [1.29, 1.82) is 0 Å². The van der Waals surface area contributed by atoms with Crippen molar-refractivity contribution >= 4 is 50.2 Å². The third-order valence-corrected chi connectivity index (χ3v) is 4.75. The Morgan fingerprint density at radius 2 is 1.68 bits per heavy atom. The lowest BCUT2D eigenvalue weighted by molar-refractivity contribution is -0.116. The minimum absolute atomic E-state index is 0.252. The molecule has 1 saturated heterocycles. The molecule has 112 valence electrons. The van der Waals surface area contributed by atoms with Gasteiger partial charge in [-0.3, -0.25) is 9.59 Å². The number of thioether (sulfide) groups is 1. The van der Waals surface area contributed by atoms with Crippen LogP contribution in [-0.4, -0.2) is 16.5 Å². The molecule has 1 fully saturated rings. The fourth-order valence-corrected chi connectivity index (χ4v) is 3.29. The number of imide groups is 1. The minimum Gasteiger partial charge on any atom is -0.365 e. The number of halogens is 1. The number of carbonyl (C=O) groups excluding carboxylic acids is 2. The summed E-state index contributed by atoms with van der Waals surface area (Å²) >= 11 is 4.33. The Labute approximate surface area is 141 Å². The van der Waals surface area contributed by atoms with E-state index in [1.54, 1.807) is 24.3 Å². The van der Waals surface area contributed by atoms with Crippen LogP contribution in [0.4, 0.5) is 16.2 Å². The van der Waals surface area contributed by atoms with E-state index in [0.717, 1.165) is 27.5 Å². The van der Waals surface area contributed by atoms with Gasteiger partial charge in [0.1, 0.15) is 0 Å². The third kappa shape index (κ3) is 3.03. The van der Waals surface area contributed by atoms with Crippen LogP contribution >= 0.6 is 27.7 Å². The summed E-state index contributed by atoms with van der Waals surface area (Å²) in [5, 5.41) is 2.24. The number of aryl methyl sites for hydroxylation is 1. The second-order valence-corrected chi connectivity index (χ2v) is 6.90. The predicted octanol–water partition coefficient (Wildman–Crippen LogP) is 4.40. The van der Waals surface area contributed by atoms with E-state index >= 15 is 0 Å². The van der Waals surface area contributed by atoms with Crippen molar-refractivity contribution < 1.29 is 9.59 Å². The fraction of sp³-hybridized carbons (Fsp3) is 0.125. The molecule has 1 aliphatic heterocycles. The molecule has 4 nitrogen and oxygen atoms in total. The second kappa shape index (κ2) is 6.14. The van der Waals surface area contributed by atoms with Crippen molar-refractivity contribution in [3.05, 3.63) is 58.6 Å². The summed E-state index contributed by atoms with van der Waals surface area (Å²) in [5.74, 6) is -0.252. The smallest absolute Gasteiger partial charge is 0.295 e. The molecule has 0 aliphatic carbocycles. The normalized spacial score (nSPS) is 17.9. The monoisotopic (exact) mass is 376 g/mol. The lowest BCUT2D eigenvalue weighted by Gasteiger charge is -2.15. The summed E-state index contributed by atoms with van der Waals surface area (Å²) < 4.78 is 0.900. The Balaban J connectivity index is 1.79. The molecule has 0 radical (unpaired) electrons. The molecule has 2 aromatic rings. The molecule has 1 atom stereocenters. The first kappa shape index (κ1) is 15.1. The topological polar surface area (TPSA) is 49.4 Å². The highest BCUT2D eigenvalue weighted by atomic mass is 79.9. The Morgan fingerprint density at radius 1 is 1.05 bits per heavy atom. The van der Waals surface area contributed by atoms with Crippen LogP contribution in [0.25, 0.3) is 0 Å². The van der Waals surface area contributed by atoms with Crippen molar-refractivity contribution in [2.24, 2.45) is 0 Å². The van der Waals surface area contributed by atoms with E-state index in [1.807, 2.05) is 31.2 Å². The maximum atomic E-state index is 12.5. The standard InChI is InChI=1S/C16H13BrN2O2S/c1-10-2-6-12(7-3-10)18-14-15(20)19(16(21)22-14)13-8-4-11(17)5-9-13/h2-9,14,18H,1H3/t14-/m1/s1. The van der Waals surface area contributed by atoms with E-state index in [1.165, 1.54) is 4.90 Å². The van der Waals surface area contributed by atoms with Gasteiger partial charge in [-0.1, -0.05) is 33.6 Å². The lowest BCUT2D eigenvalue weighted by atomic mass is 10.2. The predicted molar refractivity (Wildman–Crippen MR) is 93.2 cm³/mol. The van der Waals surface area contributed by atoms with Crippen molar-refractivity contribution in [3.8, 4) is 0 Å². The zero-order valence-electron chi connectivity index (χ0n) is 11.7. The van der Waals surface area contributed by atoms with Crippen LogP contribution in [0.1, 0.15) is 5.56 Å². The van der Waals surface area contributed by atoms with E-state index in [0.29, 0.717) is 5.69 Å². The van der Waals surface area contributed by atoms with Gasteiger partial charge < -0.3 is 5.32 Å². The SMILES string of the molecule is Cc1ccc(N[C@@H]2SC(=O)N(c3ccc(Br)cc3)C2=O)cc1. The molecule has 1 heterocycles. The molecule has 0 aromatic heterocycles. The molecule has 0 saturated carbocycles. The van der Waals surface area contributed by atoms with E-state index in [9.17, 15) is 9.59 Å². The summed E-state index contributed by atoms with van der Waals surface area (Å²) in [6.07, 6.45) is 0. The molecule has 6 heteroatoms. The van der Waals surface area contributed by atoms with Gasteiger partial charge in [0.25, 0.3) is 11.1 Å². The van der Waals surface area contributed by atoms with E-state index < -0.39 is 5.37 Å². The largest absolute Gasteiger partial charge is 0.365 e. The van der Waals surface area contributed by atoms with Crippen LogP contribution in [0.5, 0.6) is 0 Å². The van der Waals surface area contributed by atoms with Gasteiger partial charge in [0.2, 0.25) is 0 Å². The van der Waals surface area contributed by atoms with Gasteiger partial charge in [-0.25, -0.2) is 4.90 Å². The fourth-order valence-electron chi connectivity index (χ4n) is 2.13. The summed E-state index contributed by atoms with van der Waals surface area (Å²) in [7, 11) is 0. The summed E-state index contributed by atoms with van der Waals surface area (Å²) in [5.41, 5.74) is 2.55. The van der Waals surface area contributed by atoms with Crippen LogP contribution in [0, 0.1) is 6.92 Å². The Kier molecular flexibility index (Phi) is 4.22. The van der Waals surface area contributed by atoms with Gasteiger partial charge in [-0.05, 0) is 55.1 Å². The average Bonchev–Trinajstić information content (AvgIpc) is 2.77. The lowest BCUT2D eigenvalue weighted by Crippen LogP contribution is -2.34. The molecule has 3 rings (SSSR count). The summed E-state index contributed by atoms with van der Waals surface area (Å²) in [6.45, 7) is 2.00. The number of nitrogens with one attached hydrogen (secondary N) is 1. The number of carbonyl (C=O) groups is 2. The van der Waals surface area contributed by atoms with Crippen LogP contribution in [0.3, 0.4) is 0 Å². The van der Waals surface area contributed by atoms with Crippen molar-refractivity contribution in [3.63, 3.8) is 0 Å². The molecule has 1 aliphatic rings. The van der Waals surface area contributed by atoms with Crippen LogP contribution in [0.2, 0.25) is 0 Å². The van der Waals surface area contributed by atoms with Gasteiger partial charge in [0, 0.05) is 10.2 Å². The number of rotatable bonds is 3. The molecule has 2 amide bonds. The number of benzene rings is 2. The molecule has 2 aromatic carbocycles. The molecular formula is C16H13BrN2O2S. The highest BCUT2D eigenvalue weighted by Gasteiger charge is 2.40. The van der Waals surface area contributed by atoms with Crippen molar-refractivity contribution in [2.75, 3.05) is 10.2 Å². The second-order valence-electron chi connectivity index (χ2n) is 4.92. The first-order valence-electron chi connectivity index (χ1n) is 6.68. The summed E-state index contributed by atoms with van der Waals surface area (Å²) in [6, 6.07) is 14.8. The Bertz CT molecular complexity index is 716. The zero-order chi connectivity index (χ0) is 15.7. The quantitative estimate of drug-likeness (QED) is 0.862. The van der Waals surface area contributed by atoms with Crippen molar-refractivity contribution in [1.82, 2.24) is 0 Å². The Morgan fingerprint density at radius 3 is 2.32 bits per heavy atom. The van der Waals surface area contributed by atoms with Gasteiger partial charge >= 0.3 is 0 Å². The summed E-state index contributed by atoms with van der Waals surface area (Å²) in [4.78, 5) is 25.8. The molecular weight excluding hydrogens is 364 g/mol. The number of nitrogens with zero attached hydrogens (tertiary/aromatic N) is 1. The number of hydrogen-bond acceptors (Lipinski definition) is 4. The van der Waals surface area contributed by atoms with Crippen molar-refractivity contribution in [2.45, 2.75) is 12.3 Å². The van der Waals surface area contributed by atoms with E-state index in [-0.39, 0.29) is 11.1 Å². The minimum atomic E-state index is -0.598. The third-order valence-electron chi connectivity index (χ3n) is 3.28. The van der Waals surface area contributed by atoms with Gasteiger partial charge in [-0.2, -0.15) is 0 Å². The van der Waals surface area contributed by atoms with Crippen LogP contribution in [-0.2, 0) is 4.79 Å². The number of hydrogen-bond donors (Lipinski definition) is 1. The molecule has 0 unspecified atom stereocenters. The van der Waals surface area contributed by atoms with Gasteiger partial charge in [0.05, 0.1) is 5.69 Å². The first-order valence-corrected chi connectivity index (χ1v) is 8.35. The average molecular weight is 377 g/mol.